The predicted molar refractivity (Wildman–Crippen MR) is 124 cm³/mol. The molecule has 9 heteroatoms. The van der Waals surface area contributed by atoms with Crippen molar-refractivity contribution in [2.75, 3.05) is 5.75 Å². The van der Waals surface area contributed by atoms with Crippen LogP contribution in [0.4, 0.5) is 0 Å². The van der Waals surface area contributed by atoms with Crippen LogP contribution in [-0.4, -0.2) is 20.4 Å². The maximum atomic E-state index is 11.5. The fourth-order valence-electron chi connectivity index (χ4n) is 2.42. The Bertz CT molecular complexity index is 714. The molecule has 0 saturated heterocycles. The first-order valence-corrected chi connectivity index (χ1v) is 14.3. The first-order chi connectivity index (χ1) is 13.3. The van der Waals surface area contributed by atoms with Crippen molar-refractivity contribution in [2.45, 2.75) is 73.1 Å². The molecule has 6 nitrogen and oxygen atoms in total. The van der Waals surface area contributed by atoms with Crippen molar-refractivity contribution in [3.05, 3.63) is 46.6 Å². The smallest absolute Gasteiger partial charge is 0.316 e. The SMILES string of the molecule is CC(C)=CCC/C(C)=C/CC/C(C)=C/CC/C(C)=C/CSP(=O)(O)OP(=O)(O)O. The summed E-state index contributed by atoms with van der Waals surface area (Å²) in [6, 6.07) is 0. The van der Waals surface area contributed by atoms with Gasteiger partial charge in [-0.05, 0) is 84.5 Å². The summed E-state index contributed by atoms with van der Waals surface area (Å²) in [4.78, 5) is 26.6. The Hall–Kier alpha value is -0.390. The normalized spacial score (nSPS) is 15.9. The molecule has 0 rings (SSSR count). The van der Waals surface area contributed by atoms with Gasteiger partial charge in [0.2, 0.25) is 0 Å². The predicted octanol–water partition coefficient (Wildman–Crippen LogP) is 7.08. The van der Waals surface area contributed by atoms with E-state index < -0.39 is 14.6 Å². The monoisotopic (exact) mass is 466 g/mol. The van der Waals surface area contributed by atoms with Gasteiger partial charge in [0, 0.05) is 5.75 Å². The van der Waals surface area contributed by atoms with Crippen LogP contribution in [0.5, 0.6) is 0 Å². The molecule has 0 fully saturated rings. The summed E-state index contributed by atoms with van der Waals surface area (Å²) in [5, 5.41) is 0. The molecule has 168 valence electrons. The van der Waals surface area contributed by atoms with Gasteiger partial charge < -0.3 is 14.7 Å². The highest BCUT2D eigenvalue weighted by Gasteiger charge is 2.30. The van der Waals surface area contributed by atoms with Gasteiger partial charge in [0.1, 0.15) is 0 Å². The number of phosphoric acid groups is 1. The highest BCUT2D eigenvalue weighted by atomic mass is 32.7. The van der Waals surface area contributed by atoms with Crippen LogP contribution in [0.2, 0.25) is 0 Å². The topological polar surface area (TPSA) is 104 Å². The molecule has 1 unspecified atom stereocenters. The van der Waals surface area contributed by atoms with Crippen LogP contribution < -0.4 is 0 Å². The fourth-order valence-corrected chi connectivity index (χ4v) is 6.22. The zero-order valence-electron chi connectivity index (χ0n) is 18.1. The highest BCUT2D eigenvalue weighted by Crippen LogP contribution is 2.64. The molecular formula is C20H36O6P2S. The highest BCUT2D eigenvalue weighted by molar-refractivity contribution is 8.55. The molecule has 0 heterocycles. The number of rotatable bonds is 14. The van der Waals surface area contributed by atoms with Crippen LogP contribution in [-0.2, 0) is 13.4 Å². The average Bonchev–Trinajstić information content (AvgIpc) is 2.51. The summed E-state index contributed by atoms with van der Waals surface area (Å²) in [6.07, 6.45) is 14.6. The molecular weight excluding hydrogens is 430 g/mol. The molecule has 29 heavy (non-hydrogen) atoms. The third-order valence-electron chi connectivity index (χ3n) is 4.03. The van der Waals surface area contributed by atoms with Gasteiger partial charge in [0.25, 0.3) is 0 Å². The Kier molecular flexibility index (Phi) is 14.4. The maximum Gasteiger partial charge on any atom is 0.477 e. The Balaban J connectivity index is 4.20. The molecule has 0 aliphatic heterocycles. The van der Waals surface area contributed by atoms with Gasteiger partial charge in [-0.1, -0.05) is 46.6 Å². The molecule has 0 aliphatic carbocycles. The zero-order chi connectivity index (χ0) is 22.5. The maximum absolute atomic E-state index is 11.5. The van der Waals surface area contributed by atoms with Crippen LogP contribution in [0.1, 0.15) is 73.1 Å². The van der Waals surface area contributed by atoms with Crippen molar-refractivity contribution in [1.29, 1.82) is 0 Å². The Morgan fingerprint density at radius 2 is 1.17 bits per heavy atom. The largest absolute Gasteiger partial charge is 0.477 e. The summed E-state index contributed by atoms with van der Waals surface area (Å²) in [6.45, 7) is 6.12. The van der Waals surface area contributed by atoms with E-state index >= 15 is 0 Å². The van der Waals surface area contributed by atoms with E-state index in [1.807, 2.05) is 6.92 Å². The van der Waals surface area contributed by atoms with Gasteiger partial charge in [0.15, 0.2) is 0 Å². The summed E-state index contributed by atoms with van der Waals surface area (Å²) >= 11 is 0.489. The lowest BCUT2D eigenvalue weighted by Gasteiger charge is -2.10. The minimum atomic E-state index is -4.97. The second-order valence-electron chi connectivity index (χ2n) is 7.39. The molecule has 0 radical (unpaired) electrons. The molecule has 0 aromatic heterocycles. The Labute approximate surface area is 179 Å². The van der Waals surface area contributed by atoms with Gasteiger partial charge in [-0.3, -0.25) is 0 Å². The van der Waals surface area contributed by atoms with E-state index in [0.717, 1.165) is 44.1 Å². The van der Waals surface area contributed by atoms with Crippen LogP contribution in [0, 0.1) is 0 Å². The van der Waals surface area contributed by atoms with E-state index in [1.165, 1.54) is 16.7 Å². The summed E-state index contributed by atoms with van der Waals surface area (Å²) < 4.78 is 26.0. The quantitative estimate of drug-likeness (QED) is 0.186. The first-order valence-electron chi connectivity index (χ1n) is 9.65. The fraction of sp³-hybridized carbons (Fsp3) is 0.600. The van der Waals surface area contributed by atoms with E-state index in [4.69, 9.17) is 9.79 Å². The van der Waals surface area contributed by atoms with Crippen LogP contribution in [0.25, 0.3) is 0 Å². The minimum Gasteiger partial charge on any atom is -0.316 e. The minimum absolute atomic E-state index is 0.152. The van der Waals surface area contributed by atoms with E-state index in [1.54, 1.807) is 6.08 Å². The molecule has 1 atom stereocenters. The molecule has 0 bridgehead atoms. The summed E-state index contributed by atoms with van der Waals surface area (Å²) in [7, 11) is -4.97. The lowest BCUT2D eigenvalue weighted by atomic mass is 10.0. The molecule has 0 spiro atoms. The second kappa shape index (κ2) is 14.6. The Morgan fingerprint density at radius 3 is 1.59 bits per heavy atom. The van der Waals surface area contributed by atoms with Gasteiger partial charge >= 0.3 is 14.6 Å². The van der Waals surface area contributed by atoms with Gasteiger partial charge in [-0.25, -0.2) is 9.13 Å². The number of hydrogen-bond acceptors (Lipinski definition) is 4. The van der Waals surface area contributed by atoms with E-state index in [0.29, 0.717) is 11.4 Å². The van der Waals surface area contributed by atoms with Crippen molar-refractivity contribution in [1.82, 2.24) is 0 Å². The van der Waals surface area contributed by atoms with Crippen molar-refractivity contribution >= 4 is 26.0 Å². The number of hydrogen-bond donors (Lipinski definition) is 3. The van der Waals surface area contributed by atoms with Crippen molar-refractivity contribution < 1.29 is 28.1 Å². The summed E-state index contributed by atoms with van der Waals surface area (Å²) in [5.74, 6) is 0.152. The zero-order valence-corrected chi connectivity index (χ0v) is 20.7. The molecule has 3 N–H and O–H groups in total. The van der Waals surface area contributed by atoms with Crippen LogP contribution in [0.3, 0.4) is 0 Å². The van der Waals surface area contributed by atoms with E-state index in [2.05, 4.69) is 50.2 Å². The molecule has 0 amide bonds. The van der Waals surface area contributed by atoms with Gasteiger partial charge in [-0.2, -0.15) is 4.31 Å². The molecule has 0 aliphatic rings. The van der Waals surface area contributed by atoms with E-state index in [-0.39, 0.29) is 5.75 Å². The average molecular weight is 467 g/mol. The summed E-state index contributed by atoms with van der Waals surface area (Å²) in [5.41, 5.74) is 5.18. The van der Waals surface area contributed by atoms with Crippen molar-refractivity contribution in [2.24, 2.45) is 0 Å². The molecule has 0 saturated carbocycles. The lowest BCUT2D eigenvalue weighted by molar-refractivity contribution is 0.270. The van der Waals surface area contributed by atoms with E-state index in [9.17, 15) is 14.0 Å². The standard InChI is InChI=1S/C20H36O6P2S/c1-17(2)9-6-10-18(3)11-7-12-19(4)13-8-14-20(5)15-16-29-28(24,25)26-27(21,22)23/h9,11,13,15H,6-8,10,12,14,16H2,1-5H3,(H,24,25)(H2,21,22,23)/b18-11+,19-13+,20-15+. The Morgan fingerprint density at radius 1 is 0.759 bits per heavy atom. The second-order valence-corrected chi connectivity index (χ2v) is 12.7. The van der Waals surface area contributed by atoms with Crippen LogP contribution >= 0.6 is 26.0 Å². The molecule has 0 aromatic rings. The third-order valence-corrected chi connectivity index (χ3v) is 8.38. The van der Waals surface area contributed by atoms with Gasteiger partial charge in [0.05, 0.1) is 0 Å². The first kappa shape index (κ1) is 28.6. The van der Waals surface area contributed by atoms with Crippen molar-refractivity contribution in [3.63, 3.8) is 0 Å². The van der Waals surface area contributed by atoms with Crippen molar-refractivity contribution in [3.8, 4) is 0 Å². The van der Waals surface area contributed by atoms with Gasteiger partial charge in [-0.15, -0.1) is 0 Å². The van der Waals surface area contributed by atoms with Crippen LogP contribution in [0.15, 0.2) is 46.6 Å². The number of allylic oxidation sites excluding steroid dienone is 7. The molecule has 0 aromatic carbocycles. The third kappa shape index (κ3) is 19.3. The lowest BCUT2D eigenvalue weighted by Crippen LogP contribution is -1.86.